The number of nitrogens with one attached hydrogen (secondary N) is 1. The Hall–Kier alpha value is -1.76. The molecule has 0 unspecified atom stereocenters. The third-order valence-electron chi connectivity index (χ3n) is 1.85. The summed E-state index contributed by atoms with van der Waals surface area (Å²) in [5.74, 6) is -0.714. The van der Waals surface area contributed by atoms with Crippen molar-refractivity contribution < 1.29 is 24.2 Å². The summed E-state index contributed by atoms with van der Waals surface area (Å²) in [6, 6.07) is 1.58. The summed E-state index contributed by atoms with van der Waals surface area (Å²) in [4.78, 5) is 22.3. The Bertz CT molecular complexity index is 449. The van der Waals surface area contributed by atoms with Crippen molar-refractivity contribution in [2.24, 2.45) is 0 Å². The molecule has 2 N–H and O–H groups in total. The van der Waals surface area contributed by atoms with Crippen molar-refractivity contribution >= 4 is 23.4 Å². The molecule has 106 valence electrons. The van der Waals surface area contributed by atoms with Gasteiger partial charge in [-0.05, 0) is 32.2 Å². The summed E-state index contributed by atoms with van der Waals surface area (Å²) in [6.07, 6.45) is -0.528. The van der Waals surface area contributed by atoms with E-state index in [2.05, 4.69) is 5.32 Å². The number of hydrogen-bond acceptors (Lipinski definition) is 5. The predicted molar refractivity (Wildman–Crippen MR) is 71.0 cm³/mol. The first-order chi connectivity index (χ1) is 8.79. The number of aromatic carboxylic acids is 1. The van der Waals surface area contributed by atoms with E-state index in [1.807, 2.05) is 0 Å². The number of carbonyl (C=O) groups is 2. The minimum atomic E-state index is -1.02. The topological polar surface area (TPSA) is 84.9 Å². The van der Waals surface area contributed by atoms with Gasteiger partial charge in [-0.3, -0.25) is 0 Å². The second-order valence-corrected chi connectivity index (χ2v) is 5.61. The fourth-order valence-electron chi connectivity index (χ4n) is 1.20. The number of thiophene rings is 1. The van der Waals surface area contributed by atoms with E-state index in [9.17, 15) is 9.59 Å². The first-order valence-electron chi connectivity index (χ1n) is 5.70. The number of carboxylic acids is 1. The number of hydrogen-bond donors (Lipinski definition) is 2. The fraction of sp³-hybridized carbons (Fsp3) is 0.500. The van der Waals surface area contributed by atoms with E-state index in [0.29, 0.717) is 5.75 Å². The number of amides is 1. The molecule has 0 atom stereocenters. The standard InChI is InChI=1S/C12H17NO5S/c1-12(2,3)18-11(16)13-5-6-17-8-4-7-19-9(8)10(14)15/h4,7H,5-6H2,1-3H3,(H,13,16)(H,14,15). The van der Waals surface area contributed by atoms with Crippen LogP contribution < -0.4 is 10.1 Å². The van der Waals surface area contributed by atoms with Gasteiger partial charge >= 0.3 is 12.1 Å². The van der Waals surface area contributed by atoms with Crippen LogP contribution in [-0.2, 0) is 4.74 Å². The number of carbonyl (C=O) groups excluding carboxylic acids is 1. The molecule has 19 heavy (non-hydrogen) atoms. The molecule has 0 aromatic carbocycles. The molecular formula is C12H17NO5S. The molecule has 1 aromatic heterocycles. The number of ether oxygens (including phenoxy) is 2. The van der Waals surface area contributed by atoms with Crippen molar-refractivity contribution in [3.8, 4) is 5.75 Å². The lowest BCUT2D eigenvalue weighted by Crippen LogP contribution is -2.34. The molecule has 0 fully saturated rings. The van der Waals surface area contributed by atoms with Gasteiger partial charge in [0.2, 0.25) is 0 Å². The van der Waals surface area contributed by atoms with Crippen LogP contribution >= 0.6 is 11.3 Å². The van der Waals surface area contributed by atoms with Crippen LogP contribution in [0.4, 0.5) is 4.79 Å². The Kier molecular flexibility index (Phi) is 5.17. The van der Waals surface area contributed by atoms with E-state index in [0.717, 1.165) is 11.3 Å². The zero-order chi connectivity index (χ0) is 14.5. The van der Waals surface area contributed by atoms with Crippen LogP contribution in [0, 0.1) is 0 Å². The van der Waals surface area contributed by atoms with E-state index in [-0.39, 0.29) is 18.0 Å². The summed E-state index contributed by atoms with van der Waals surface area (Å²) in [6.45, 7) is 5.73. The quantitative estimate of drug-likeness (QED) is 0.812. The highest BCUT2D eigenvalue weighted by molar-refractivity contribution is 7.12. The molecule has 1 aromatic rings. The smallest absolute Gasteiger partial charge is 0.407 e. The van der Waals surface area contributed by atoms with Crippen LogP contribution in [0.5, 0.6) is 5.75 Å². The average Bonchev–Trinajstić information content (AvgIpc) is 2.70. The Balaban J connectivity index is 2.30. The van der Waals surface area contributed by atoms with Crippen LogP contribution in [0.1, 0.15) is 30.4 Å². The highest BCUT2D eigenvalue weighted by Gasteiger charge is 2.16. The number of rotatable bonds is 5. The molecule has 0 saturated carbocycles. The second-order valence-electron chi connectivity index (χ2n) is 4.70. The molecule has 7 heteroatoms. The molecular weight excluding hydrogens is 270 g/mol. The highest BCUT2D eigenvalue weighted by Crippen LogP contribution is 2.24. The van der Waals surface area contributed by atoms with Gasteiger partial charge in [0.1, 0.15) is 18.0 Å². The van der Waals surface area contributed by atoms with Crippen molar-refractivity contribution in [1.82, 2.24) is 5.32 Å². The second kappa shape index (κ2) is 6.42. The van der Waals surface area contributed by atoms with Crippen molar-refractivity contribution in [3.05, 3.63) is 16.3 Å². The van der Waals surface area contributed by atoms with Gasteiger partial charge in [0.05, 0.1) is 6.54 Å². The van der Waals surface area contributed by atoms with Crippen LogP contribution in [0.3, 0.4) is 0 Å². The largest absolute Gasteiger partial charge is 0.490 e. The summed E-state index contributed by atoms with van der Waals surface area (Å²) in [5.41, 5.74) is -0.547. The highest BCUT2D eigenvalue weighted by atomic mass is 32.1. The zero-order valence-corrected chi connectivity index (χ0v) is 11.9. The monoisotopic (exact) mass is 287 g/mol. The maximum Gasteiger partial charge on any atom is 0.407 e. The van der Waals surface area contributed by atoms with Crippen molar-refractivity contribution in [2.45, 2.75) is 26.4 Å². The lowest BCUT2D eigenvalue weighted by atomic mass is 10.2. The molecule has 1 heterocycles. The molecule has 0 radical (unpaired) electrons. The Morgan fingerprint density at radius 3 is 2.68 bits per heavy atom. The molecule has 0 aliphatic rings. The number of alkyl carbamates (subject to hydrolysis) is 1. The predicted octanol–water partition coefficient (Wildman–Crippen LogP) is 2.35. The van der Waals surface area contributed by atoms with Crippen LogP contribution in [0.15, 0.2) is 11.4 Å². The zero-order valence-electron chi connectivity index (χ0n) is 11.1. The van der Waals surface area contributed by atoms with Crippen molar-refractivity contribution in [1.29, 1.82) is 0 Å². The first kappa shape index (κ1) is 15.3. The van der Waals surface area contributed by atoms with Gasteiger partial charge in [-0.1, -0.05) is 0 Å². The van der Waals surface area contributed by atoms with Crippen LogP contribution in [-0.4, -0.2) is 35.9 Å². The van der Waals surface area contributed by atoms with Crippen molar-refractivity contribution in [2.75, 3.05) is 13.2 Å². The maximum absolute atomic E-state index is 11.3. The average molecular weight is 287 g/mol. The van der Waals surface area contributed by atoms with E-state index >= 15 is 0 Å². The normalized spacial score (nSPS) is 10.9. The van der Waals surface area contributed by atoms with E-state index in [1.165, 1.54) is 0 Å². The summed E-state index contributed by atoms with van der Waals surface area (Å²) in [7, 11) is 0. The van der Waals surface area contributed by atoms with E-state index < -0.39 is 17.7 Å². The lowest BCUT2D eigenvalue weighted by Gasteiger charge is -2.19. The SMILES string of the molecule is CC(C)(C)OC(=O)NCCOc1ccsc1C(=O)O. The molecule has 6 nitrogen and oxygen atoms in total. The minimum Gasteiger partial charge on any atom is -0.490 e. The Labute approximate surface area is 115 Å². The summed E-state index contributed by atoms with van der Waals surface area (Å²) < 4.78 is 10.3. The fourth-order valence-corrected chi connectivity index (χ4v) is 1.87. The number of carboxylic acid groups (broad SMARTS) is 1. The van der Waals surface area contributed by atoms with Gasteiger partial charge in [-0.2, -0.15) is 0 Å². The van der Waals surface area contributed by atoms with Gasteiger partial charge in [0, 0.05) is 0 Å². The van der Waals surface area contributed by atoms with Gasteiger partial charge < -0.3 is 19.9 Å². The molecule has 0 aliphatic carbocycles. The molecule has 0 spiro atoms. The Morgan fingerprint density at radius 2 is 2.11 bits per heavy atom. The molecule has 0 bridgehead atoms. The molecule has 1 amide bonds. The van der Waals surface area contributed by atoms with Gasteiger partial charge in [-0.25, -0.2) is 9.59 Å². The van der Waals surface area contributed by atoms with Gasteiger partial charge in [0.25, 0.3) is 0 Å². The maximum atomic E-state index is 11.3. The lowest BCUT2D eigenvalue weighted by molar-refractivity contribution is 0.0518. The van der Waals surface area contributed by atoms with E-state index in [4.69, 9.17) is 14.6 Å². The molecule has 0 aliphatic heterocycles. The van der Waals surface area contributed by atoms with Gasteiger partial charge in [-0.15, -0.1) is 11.3 Å². The van der Waals surface area contributed by atoms with Crippen molar-refractivity contribution in [3.63, 3.8) is 0 Å². The van der Waals surface area contributed by atoms with Crippen LogP contribution in [0.25, 0.3) is 0 Å². The third-order valence-corrected chi connectivity index (χ3v) is 2.73. The van der Waals surface area contributed by atoms with Gasteiger partial charge in [0.15, 0.2) is 4.88 Å². The summed E-state index contributed by atoms with van der Waals surface area (Å²) >= 11 is 1.09. The molecule has 1 rings (SSSR count). The van der Waals surface area contributed by atoms with E-state index in [1.54, 1.807) is 32.2 Å². The molecule has 0 saturated heterocycles. The first-order valence-corrected chi connectivity index (χ1v) is 6.58. The minimum absolute atomic E-state index is 0.150. The Morgan fingerprint density at radius 1 is 1.42 bits per heavy atom. The third kappa shape index (κ3) is 5.60. The summed E-state index contributed by atoms with van der Waals surface area (Å²) in [5, 5.41) is 13.0. The van der Waals surface area contributed by atoms with Crippen LogP contribution in [0.2, 0.25) is 0 Å².